The fraction of sp³-hybridized carbons (Fsp3) is 0.231. The highest BCUT2D eigenvalue weighted by Gasteiger charge is 2.08. The fourth-order valence-electron chi connectivity index (χ4n) is 1.84. The van der Waals surface area contributed by atoms with Crippen LogP contribution in [0.4, 0.5) is 11.6 Å². The lowest BCUT2D eigenvalue weighted by Gasteiger charge is -2.10. The average Bonchev–Trinajstić information content (AvgIpc) is 2.47. The zero-order valence-electron chi connectivity index (χ0n) is 11.3. The van der Waals surface area contributed by atoms with E-state index in [1.54, 1.807) is 19.2 Å². The summed E-state index contributed by atoms with van der Waals surface area (Å²) in [6.45, 7) is 0.615. The van der Waals surface area contributed by atoms with Crippen molar-refractivity contribution >= 4 is 34.8 Å². The summed E-state index contributed by atoms with van der Waals surface area (Å²) in [5, 5.41) is 6.78. The average molecular weight is 328 g/mol. The van der Waals surface area contributed by atoms with Gasteiger partial charge in [-0.05, 0) is 17.7 Å². The van der Waals surface area contributed by atoms with E-state index in [0.717, 1.165) is 5.56 Å². The Morgan fingerprint density at radius 3 is 2.71 bits per heavy atom. The van der Waals surface area contributed by atoms with Crippen molar-refractivity contribution in [2.45, 2.75) is 13.1 Å². The summed E-state index contributed by atoms with van der Waals surface area (Å²) in [5.74, 6) is 0.352. The van der Waals surface area contributed by atoms with Crippen molar-refractivity contribution in [3.05, 3.63) is 49.9 Å². The standard InChI is InChI=1S/C13H15Cl2N5O/c1-17-11-10(5-16)19-13(20-12(11)21)18-6-7-2-3-8(14)9(15)4-7/h2-4,17H,5-6,16H2,1H3,(H2,18,19,20,21). The van der Waals surface area contributed by atoms with Crippen LogP contribution in [0.15, 0.2) is 23.0 Å². The molecule has 0 saturated carbocycles. The van der Waals surface area contributed by atoms with Crippen molar-refractivity contribution in [2.24, 2.45) is 5.73 Å². The van der Waals surface area contributed by atoms with Crippen LogP contribution in [0.1, 0.15) is 11.3 Å². The first-order chi connectivity index (χ1) is 10.0. The van der Waals surface area contributed by atoms with Crippen LogP contribution in [0.2, 0.25) is 10.0 Å². The zero-order valence-corrected chi connectivity index (χ0v) is 12.8. The molecule has 0 saturated heterocycles. The molecule has 0 unspecified atom stereocenters. The van der Waals surface area contributed by atoms with Crippen LogP contribution < -0.4 is 21.9 Å². The van der Waals surface area contributed by atoms with Gasteiger partial charge in [-0.2, -0.15) is 0 Å². The Labute approximate surface area is 131 Å². The zero-order chi connectivity index (χ0) is 15.4. The minimum atomic E-state index is -0.274. The first-order valence-corrected chi connectivity index (χ1v) is 6.99. The highest BCUT2D eigenvalue weighted by molar-refractivity contribution is 6.42. The molecule has 0 amide bonds. The highest BCUT2D eigenvalue weighted by atomic mass is 35.5. The second-order valence-corrected chi connectivity index (χ2v) is 5.11. The molecule has 21 heavy (non-hydrogen) atoms. The van der Waals surface area contributed by atoms with Crippen LogP contribution in [0, 0.1) is 0 Å². The normalized spacial score (nSPS) is 10.5. The molecule has 0 fully saturated rings. The van der Waals surface area contributed by atoms with E-state index in [1.165, 1.54) is 0 Å². The van der Waals surface area contributed by atoms with Gasteiger partial charge in [-0.25, -0.2) is 4.98 Å². The number of nitrogens with one attached hydrogen (secondary N) is 3. The first-order valence-electron chi connectivity index (χ1n) is 6.24. The summed E-state index contributed by atoms with van der Waals surface area (Å²) >= 11 is 11.8. The molecule has 0 atom stereocenters. The van der Waals surface area contributed by atoms with Gasteiger partial charge in [0, 0.05) is 20.1 Å². The van der Waals surface area contributed by atoms with E-state index in [4.69, 9.17) is 28.9 Å². The largest absolute Gasteiger partial charge is 0.382 e. The SMILES string of the molecule is CNc1c(CN)nc(NCc2ccc(Cl)c(Cl)c2)[nH]c1=O. The van der Waals surface area contributed by atoms with Crippen molar-refractivity contribution in [1.29, 1.82) is 0 Å². The Morgan fingerprint density at radius 1 is 1.33 bits per heavy atom. The number of benzene rings is 1. The van der Waals surface area contributed by atoms with Crippen LogP contribution in [0.25, 0.3) is 0 Å². The molecule has 1 aromatic heterocycles. The van der Waals surface area contributed by atoms with Gasteiger partial charge in [-0.3, -0.25) is 9.78 Å². The molecule has 0 aliphatic heterocycles. The molecule has 8 heteroatoms. The number of hydrogen-bond donors (Lipinski definition) is 4. The molecule has 2 aromatic rings. The minimum absolute atomic E-state index is 0.168. The molecule has 0 radical (unpaired) electrons. The number of nitrogens with zero attached hydrogens (tertiary/aromatic N) is 1. The van der Waals surface area contributed by atoms with E-state index in [9.17, 15) is 4.79 Å². The van der Waals surface area contributed by atoms with Crippen molar-refractivity contribution in [2.75, 3.05) is 17.7 Å². The van der Waals surface area contributed by atoms with Crippen molar-refractivity contribution in [3.63, 3.8) is 0 Å². The van der Waals surface area contributed by atoms with Crippen molar-refractivity contribution in [3.8, 4) is 0 Å². The number of aromatic nitrogens is 2. The molecule has 0 bridgehead atoms. The Balaban J connectivity index is 2.18. The molecule has 1 heterocycles. The predicted octanol–water partition coefficient (Wildman–Crippen LogP) is 2.19. The van der Waals surface area contributed by atoms with Gasteiger partial charge < -0.3 is 16.4 Å². The lowest BCUT2D eigenvalue weighted by Crippen LogP contribution is -2.20. The lowest BCUT2D eigenvalue weighted by molar-refractivity contribution is 0.938. The third-order valence-electron chi connectivity index (χ3n) is 2.88. The topological polar surface area (TPSA) is 95.8 Å². The van der Waals surface area contributed by atoms with Crippen LogP contribution in [0.3, 0.4) is 0 Å². The van der Waals surface area contributed by atoms with Crippen LogP contribution in [-0.4, -0.2) is 17.0 Å². The van der Waals surface area contributed by atoms with E-state index >= 15 is 0 Å². The Morgan fingerprint density at radius 2 is 2.10 bits per heavy atom. The van der Waals surface area contributed by atoms with Gasteiger partial charge >= 0.3 is 0 Å². The maximum absolute atomic E-state index is 11.9. The summed E-state index contributed by atoms with van der Waals surface area (Å²) in [5.41, 5.74) is 7.11. The molecular formula is C13H15Cl2N5O. The van der Waals surface area contributed by atoms with Gasteiger partial charge in [-0.15, -0.1) is 0 Å². The Hall–Kier alpha value is -1.76. The van der Waals surface area contributed by atoms with Crippen molar-refractivity contribution < 1.29 is 0 Å². The maximum Gasteiger partial charge on any atom is 0.275 e. The van der Waals surface area contributed by atoms with Gasteiger partial charge in [0.2, 0.25) is 5.95 Å². The molecule has 0 spiro atoms. The number of hydrogen-bond acceptors (Lipinski definition) is 5. The summed E-state index contributed by atoms with van der Waals surface area (Å²) in [6.07, 6.45) is 0. The summed E-state index contributed by atoms with van der Waals surface area (Å²) in [7, 11) is 1.65. The molecular weight excluding hydrogens is 313 g/mol. The second kappa shape index (κ2) is 6.80. The number of nitrogens with two attached hydrogens (primary N) is 1. The van der Waals surface area contributed by atoms with Crippen molar-refractivity contribution in [1.82, 2.24) is 9.97 Å². The summed E-state index contributed by atoms with van der Waals surface area (Å²) in [4.78, 5) is 18.8. The predicted molar refractivity (Wildman–Crippen MR) is 86.1 cm³/mol. The van der Waals surface area contributed by atoms with E-state index in [1.807, 2.05) is 6.07 Å². The molecule has 2 rings (SSSR count). The van der Waals surface area contributed by atoms with Crippen LogP contribution >= 0.6 is 23.2 Å². The van der Waals surface area contributed by atoms with Gasteiger partial charge in [0.15, 0.2) is 0 Å². The Kier molecular flexibility index (Phi) is 5.06. The van der Waals surface area contributed by atoms with Gasteiger partial charge in [0.25, 0.3) is 5.56 Å². The van der Waals surface area contributed by atoms with E-state index < -0.39 is 0 Å². The molecule has 5 N–H and O–H groups in total. The van der Waals surface area contributed by atoms with E-state index in [2.05, 4.69) is 20.6 Å². The smallest absolute Gasteiger partial charge is 0.275 e. The third kappa shape index (κ3) is 3.66. The van der Waals surface area contributed by atoms with E-state index in [0.29, 0.717) is 33.9 Å². The number of H-pyrrole nitrogens is 1. The maximum atomic E-state index is 11.9. The number of anilines is 2. The third-order valence-corrected chi connectivity index (χ3v) is 3.62. The van der Waals surface area contributed by atoms with Gasteiger partial charge in [0.1, 0.15) is 5.69 Å². The van der Waals surface area contributed by atoms with Crippen LogP contribution in [0.5, 0.6) is 0 Å². The highest BCUT2D eigenvalue weighted by Crippen LogP contribution is 2.22. The summed E-state index contributed by atoms with van der Waals surface area (Å²) < 4.78 is 0. The van der Waals surface area contributed by atoms with Gasteiger partial charge in [-0.1, -0.05) is 29.3 Å². The lowest BCUT2D eigenvalue weighted by atomic mass is 10.2. The van der Waals surface area contributed by atoms with E-state index in [-0.39, 0.29) is 12.1 Å². The molecule has 112 valence electrons. The molecule has 0 aliphatic carbocycles. The van der Waals surface area contributed by atoms with Crippen LogP contribution in [-0.2, 0) is 13.1 Å². The molecule has 6 nitrogen and oxygen atoms in total. The Bertz CT molecular complexity index is 701. The fourth-order valence-corrected chi connectivity index (χ4v) is 2.17. The molecule has 1 aromatic carbocycles. The second-order valence-electron chi connectivity index (χ2n) is 4.29. The number of rotatable bonds is 5. The minimum Gasteiger partial charge on any atom is -0.382 e. The summed E-state index contributed by atoms with van der Waals surface area (Å²) in [6, 6.07) is 5.30. The monoisotopic (exact) mass is 327 g/mol. The first kappa shape index (κ1) is 15.6. The molecule has 0 aliphatic rings. The quantitative estimate of drug-likeness (QED) is 0.675. The number of halogens is 2. The number of aromatic amines is 1. The van der Waals surface area contributed by atoms with Gasteiger partial charge in [0.05, 0.1) is 15.7 Å².